The molecule has 0 radical (unpaired) electrons. The standard InChI is InChI=1S/C9H9F3N6/c10-9(11,12)8-15-14-6-1-2-7(16-18(6)8)17-3-5(13)4-17/h1-2,5H,3-4,13H2. The zero-order valence-electron chi connectivity index (χ0n) is 9.09. The van der Waals surface area contributed by atoms with Crippen molar-refractivity contribution in [3.05, 3.63) is 18.0 Å². The summed E-state index contributed by atoms with van der Waals surface area (Å²) in [6, 6.07) is 3.11. The van der Waals surface area contributed by atoms with E-state index in [2.05, 4.69) is 15.3 Å². The quantitative estimate of drug-likeness (QED) is 0.796. The summed E-state index contributed by atoms with van der Waals surface area (Å²) in [5.41, 5.74) is 5.68. The Balaban J connectivity index is 2.05. The molecule has 0 amide bonds. The Morgan fingerprint density at radius 1 is 1.22 bits per heavy atom. The highest BCUT2D eigenvalue weighted by atomic mass is 19.4. The van der Waals surface area contributed by atoms with Crippen molar-refractivity contribution in [2.24, 2.45) is 5.73 Å². The first kappa shape index (κ1) is 11.2. The average molecular weight is 258 g/mol. The maximum absolute atomic E-state index is 12.6. The van der Waals surface area contributed by atoms with Gasteiger partial charge in [-0.3, -0.25) is 0 Å². The van der Waals surface area contributed by atoms with Crippen LogP contribution in [0.3, 0.4) is 0 Å². The van der Waals surface area contributed by atoms with E-state index in [1.807, 2.05) is 0 Å². The van der Waals surface area contributed by atoms with Crippen molar-refractivity contribution >= 4 is 11.5 Å². The summed E-state index contributed by atoms with van der Waals surface area (Å²) in [6.45, 7) is 1.17. The molecule has 6 nitrogen and oxygen atoms in total. The van der Waals surface area contributed by atoms with Gasteiger partial charge in [-0.2, -0.15) is 17.7 Å². The number of alkyl halides is 3. The van der Waals surface area contributed by atoms with Crippen molar-refractivity contribution < 1.29 is 13.2 Å². The number of halogens is 3. The number of anilines is 1. The van der Waals surface area contributed by atoms with Gasteiger partial charge in [0, 0.05) is 19.1 Å². The predicted molar refractivity (Wildman–Crippen MR) is 56.0 cm³/mol. The zero-order valence-corrected chi connectivity index (χ0v) is 9.09. The molecule has 2 N–H and O–H groups in total. The highest BCUT2D eigenvalue weighted by molar-refractivity contribution is 5.48. The van der Waals surface area contributed by atoms with Crippen molar-refractivity contribution in [1.82, 2.24) is 19.8 Å². The van der Waals surface area contributed by atoms with Crippen LogP contribution in [0.2, 0.25) is 0 Å². The molecule has 1 aliphatic rings. The summed E-state index contributed by atoms with van der Waals surface area (Å²) < 4.78 is 38.6. The molecule has 0 saturated carbocycles. The third kappa shape index (κ3) is 1.67. The van der Waals surface area contributed by atoms with Crippen molar-refractivity contribution in [2.75, 3.05) is 18.0 Å². The van der Waals surface area contributed by atoms with Gasteiger partial charge < -0.3 is 10.6 Å². The van der Waals surface area contributed by atoms with E-state index in [0.29, 0.717) is 23.4 Å². The lowest BCUT2D eigenvalue weighted by Gasteiger charge is -2.37. The van der Waals surface area contributed by atoms with Gasteiger partial charge in [0.15, 0.2) is 5.65 Å². The third-order valence-electron chi connectivity index (χ3n) is 2.74. The van der Waals surface area contributed by atoms with E-state index >= 15 is 0 Å². The lowest BCUT2D eigenvalue weighted by atomic mass is 10.1. The Labute approximate surface area is 99.2 Å². The number of fused-ring (bicyclic) bond motifs is 1. The van der Waals surface area contributed by atoms with Crippen LogP contribution in [0.5, 0.6) is 0 Å². The molecule has 1 aliphatic heterocycles. The molecule has 0 aromatic carbocycles. The molecule has 1 saturated heterocycles. The summed E-state index contributed by atoms with van der Waals surface area (Å²) in [5, 5.41) is 10.4. The van der Waals surface area contributed by atoms with Crippen LogP contribution in [0.4, 0.5) is 19.0 Å². The van der Waals surface area contributed by atoms with Gasteiger partial charge >= 0.3 is 6.18 Å². The molecule has 0 bridgehead atoms. The maximum Gasteiger partial charge on any atom is 0.453 e. The highest BCUT2D eigenvalue weighted by Gasteiger charge is 2.38. The maximum atomic E-state index is 12.6. The van der Waals surface area contributed by atoms with Gasteiger partial charge in [-0.25, -0.2) is 0 Å². The predicted octanol–water partition coefficient (Wildman–Crippen LogP) is 0.290. The second kappa shape index (κ2) is 3.55. The van der Waals surface area contributed by atoms with Crippen LogP contribution in [0.25, 0.3) is 5.65 Å². The minimum Gasteiger partial charge on any atom is -0.352 e. The molecular formula is C9H9F3N6. The number of hydrogen-bond acceptors (Lipinski definition) is 5. The second-order valence-corrected chi connectivity index (χ2v) is 4.15. The Kier molecular flexibility index (Phi) is 2.21. The molecule has 0 atom stereocenters. The molecule has 3 heterocycles. The fourth-order valence-corrected chi connectivity index (χ4v) is 1.82. The minimum absolute atomic E-state index is 0.0468. The van der Waals surface area contributed by atoms with E-state index in [1.165, 1.54) is 6.07 Å². The van der Waals surface area contributed by atoms with E-state index in [-0.39, 0.29) is 11.7 Å². The Hall–Kier alpha value is -1.90. The fraction of sp³-hybridized carbons (Fsp3) is 0.444. The number of nitrogens with zero attached hydrogens (tertiary/aromatic N) is 5. The summed E-state index contributed by atoms with van der Waals surface area (Å²) >= 11 is 0. The normalized spacial score (nSPS) is 17.2. The first-order chi connectivity index (χ1) is 8.45. The van der Waals surface area contributed by atoms with Crippen LogP contribution in [-0.2, 0) is 6.18 Å². The monoisotopic (exact) mass is 258 g/mol. The van der Waals surface area contributed by atoms with E-state index in [0.717, 1.165) is 0 Å². The minimum atomic E-state index is -4.57. The van der Waals surface area contributed by atoms with E-state index < -0.39 is 12.0 Å². The molecule has 2 aromatic rings. The third-order valence-corrected chi connectivity index (χ3v) is 2.74. The molecule has 0 unspecified atom stereocenters. The lowest BCUT2D eigenvalue weighted by molar-refractivity contribution is -0.146. The van der Waals surface area contributed by atoms with Gasteiger partial charge in [0.2, 0.25) is 0 Å². The van der Waals surface area contributed by atoms with Gasteiger partial charge in [0.1, 0.15) is 5.82 Å². The first-order valence-corrected chi connectivity index (χ1v) is 5.25. The Morgan fingerprint density at radius 3 is 2.56 bits per heavy atom. The summed E-state index contributed by atoms with van der Waals surface area (Å²) in [6.07, 6.45) is -4.57. The van der Waals surface area contributed by atoms with Crippen LogP contribution in [-0.4, -0.2) is 38.9 Å². The molecule has 96 valence electrons. The molecule has 1 fully saturated rings. The Bertz CT molecular complexity index is 585. The van der Waals surface area contributed by atoms with Crippen molar-refractivity contribution in [1.29, 1.82) is 0 Å². The number of rotatable bonds is 1. The molecular weight excluding hydrogens is 249 g/mol. The first-order valence-electron chi connectivity index (χ1n) is 5.25. The van der Waals surface area contributed by atoms with Gasteiger partial charge in [0.05, 0.1) is 0 Å². The smallest absolute Gasteiger partial charge is 0.352 e. The lowest BCUT2D eigenvalue weighted by Crippen LogP contribution is -2.56. The second-order valence-electron chi connectivity index (χ2n) is 4.15. The van der Waals surface area contributed by atoms with Crippen LogP contribution in [0.1, 0.15) is 5.82 Å². The molecule has 0 aliphatic carbocycles. The van der Waals surface area contributed by atoms with Crippen molar-refractivity contribution in [3.8, 4) is 0 Å². The highest BCUT2D eigenvalue weighted by Crippen LogP contribution is 2.28. The molecule has 2 aromatic heterocycles. The molecule has 9 heteroatoms. The SMILES string of the molecule is NC1CN(c2ccc3nnc(C(F)(F)F)n3n2)C1. The van der Waals surface area contributed by atoms with Crippen molar-refractivity contribution in [2.45, 2.75) is 12.2 Å². The summed E-state index contributed by atoms with van der Waals surface area (Å²) in [5.74, 6) is -0.682. The number of aromatic nitrogens is 4. The van der Waals surface area contributed by atoms with E-state index in [4.69, 9.17) is 5.73 Å². The van der Waals surface area contributed by atoms with E-state index in [9.17, 15) is 13.2 Å². The zero-order chi connectivity index (χ0) is 12.9. The van der Waals surface area contributed by atoms with Crippen LogP contribution in [0, 0.1) is 0 Å². The topological polar surface area (TPSA) is 72.3 Å². The van der Waals surface area contributed by atoms with Crippen LogP contribution in [0.15, 0.2) is 12.1 Å². The molecule has 18 heavy (non-hydrogen) atoms. The largest absolute Gasteiger partial charge is 0.453 e. The molecule has 0 spiro atoms. The van der Waals surface area contributed by atoms with Crippen LogP contribution < -0.4 is 10.6 Å². The molecule has 3 rings (SSSR count). The number of hydrogen-bond donors (Lipinski definition) is 1. The van der Waals surface area contributed by atoms with Gasteiger partial charge in [0.25, 0.3) is 5.82 Å². The summed E-state index contributed by atoms with van der Waals surface area (Å²) in [4.78, 5) is 1.80. The average Bonchev–Trinajstić information content (AvgIpc) is 2.66. The Morgan fingerprint density at radius 2 is 1.94 bits per heavy atom. The van der Waals surface area contributed by atoms with E-state index in [1.54, 1.807) is 11.0 Å². The van der Waals surface area contributed by atoms with Gasteiger partial charge in [-0.15, -0.1) is 15.3 Å². The van der Waals surface area contributed by atoms with Crippen LogP contribution >= 0.6 is 0 Å². The van der Waals surface area contributed by atoms with Gasteiger partial charge in [-0.05, 0) is 12.1 Å². The van der Waals surface area contributed by atoms with Gasteiger partial charge in [-0.1, -0.05) is 0 Å². The number of nitrogens with two attached hydrogens (primary N) is 1. The fourth-order valence-electron chi connectivity index (χ4n) is 1.82. The summed E-state index contributed by atoms with van der Waals surface area (Å²) in [7, 11) is 0. The van der Waals surface area contributed by atoms with Crippen molar-refractivity contribution in [3.63, 3.8) is 0 Å².